The number of nitrogen functional groups attached to an aromatic ring is 1. The van der Waals surface area contributed by atoms with Gasteiger partial charge in [0.25, 0.3) is 0 Å². The number of nitrogens with zero attached hydrogens (tertiary/aromatic N) is 1. The second-order valence-electron chi connectivity index (χ2n) is 4.74. The third-order valence-corrected chi connectivity index (χ3v) is 5.50. The van der Waals surface area contributed by atoms with Gasteiger partial charge in [-0.25, -0.2) is 8.42 Å². The molecule has 0 aromatic heterocycles. The number of hydrogen-bond donors (Lipinski definition) is 1. The van der Waals surface area contributed by atoms with Crippen LogP contribution in [0.5, 0.6) is 0 Å². The molecule has 0 radical (unpaired) electrons. The van der Waals surface area contributed by atoms with Gasteiger partial charge in [0, 0.05) is 18.3 Å². The zero-order valence-corrected chi connectivity index (χ0v) is 11.5. The molecule has 4 nitrogen and oxygen atoms in total. The summed E-state index contributed by atoms with van der Waals surface area (Å²) in [5, 5.41) is 0. The summed E-state index contributed by atoms with van der Waals surface area (Å²) < 4.78 is 26.8. The van der Waals surface area contributed by atoms with Crippen molar-refractivity contribution < 1.29 is 8.42 Å². The van der Waals surface area contributed by atoms with Crippen LogP contribution in [0.1, 0.15) is 32.6 Å². The highest BCUT2D eigenvalue weighted by Gasteiger charge is 2.32. The molecule has 1 aromatic carbocycles. The highest BCUT2D eigenvalue weighted by atomic mass is 32.2. The lowest BCUT2D eigenvalue weighted by molar-refractivity contribution is 0.246. The zero-order chi connectivity index (χ0) is 13.2. The van der Waals surface area contributed by atoms with Crippen LogP contribution in [-0.4, -0.2) is 25.3 Å². The molecule has 0 amide bonds. The molecule has 18 heavy (non-hydrogen) atoms. The molecule has 1 aromatic rings. The van der Waals surface area contributed by atoms with E-state index in [1.165, 1.54) is 0 Å². The van der Waals surface area contributed by atoms with Crippen molar-refractivity contribution in [2.45, 2.75) is 43.5 Å². The standard InChI is InChI=1S/C13H20N2O2S/c1-2-12-5-3-4-10-15(12)18(16,17)13-8-6-11(14)7-9-13/h6-9,12H,2-5,10,14H2,1H3/t12-/m1/s1. The Bertz CT molecular complexity index is 496. The monoisotopic (exact) mass is 268 g/mol. The molecular formula is C13H20N2O2S. The van der Waals surface area contributed by atoms with Crippen LogP contribution in [0.2, 0.25) is 0 Å². The van der Waals surface area contributed by atoms with Crippen LogP contribution in [0.25, 0.3) is 0 Å². The second-order valence-corrected chi connectivity index (χ2v) is 6.63. The smallest absolute Gasteiger partial charge is 0.243 e. The van der Waals surface area contributed by atoms with E-state index in [4.69, 9.17) is 5.73 Å². The fourth-order valence-electron chi connectivity index (χ4n) is 2.47. The third kappa shape index (κ3) is 2.52. The van der Waals surface area contributed by atoms with Gasteiger partial charge in [-0.05, 0) is 43.5 Å². The maximum Gasteiger partial charge on any atom is 0.243 e. The molecule has 0 unspecified atom stereocenters. The third-order valence-electron chi connectivity index (χ3n) is 3.53. The van der Waals surface area contributed by atoms with E-state index in [-0.39, 0.29) is 6.04 Å². The van der Waals surface area contributed by atoms with Crippen molar-refractivity contribution in [3.8, 4) is 0 Å². The summed E-state index contributed by atoms with van der Waals surface area (Å²) >= 11 is 0. The molecule has 2 rings (SSSR count). The first kappa shape index (κ1) is 13.4. The van der Waals surface area contributed by atoms with Gasteiger partial charge in [0.1, 0.15) is 0 Å². The van der Waals surface area contributed by atoms with Crippen LogP contribution in [0.3, 0.4) is 0 Å². The summed E-state index contributed by atoms with van der Waals surface area (Å²) in [6, 6.07) is 6.59. The number of nitrogens with two attached hydrogens (primary N) is 1. The van der Waals surface area contributed by atoms with E-state index >= 15 is 0 Å². The summed E-state index contributed by atoms with van der Waals surface area (Å²) in [6.07, 6.45) is 3.90. The first-order valence-electron chi connectivity index (χ1n) is 6.43. The van der Waals surface area contributed by atoms with Gasteiger partial charge in [-0.3, -0.25) is 0 Å². The van der Waals surface area contributed by atoms with Crippen molar-refractivity contribution in [2.75, 3.05) is 12.3 Å². The van der Waals surface area contributed by atoms with E-state index in [0.717, 1.165) is 25.7 Å². The van der Waals surface area contributed by atoms with Crippen molar-refractivity contribution >= 4 is 15.7 Å². The Morgan fingerprint density at radius 1 is 1.28 bits per heavy atom. The molecule has 0 saturated carbocycles. The van der Waals surface area contributed by atoms with Gasteiger partial charge in [-0.15, -0.1) is 0 Å². The van der Waals surface area contributed by atoms with Gasteiger partial charge in [-0.1, -0.05) is 13.3 Å². The van der Waals surface area contributed by atoms with Crippen LogP contribution in [0.15, 0.2) is 29.2 Å². The average molecular weight is 268 g/mol. The highest BCUT2D eigenvalue weighted by molar-refractivity contribution is 7.89. The maximum absolute atomic E-state index is 12.6. The van der Waals surface area contributed by atoms with Gasteiger partial charge in [0.15, 0.2) is 0 Å². The molecule has 1 aliphatic rings. The molecule has 1 atom stereocenters. The molecule has 1 heterocycles. The first-order chi connectivity index (χ1) is 8.55. The molecular weight excluding hydrogens is 248 g/mol. The van der Waals surface area contributed by atoms with E-state index in [2.05, 4.69) is 0 Å². The Labute approximate surface area is 109 Å². The highest BCUT2D eigenvalue weighted by Crippen LogP contribution is 2.27. The van der Waals surface area contributed by atoms with Crippen molar-refractivity contribution in [3.05, 3.63) is 24.3 Å². The Hall–Kier alpha value is -1.07. The SMILES string of the molecule is CC[C@@H]1CCCCN1S(=O)(=O)c1ccc(N)cc1. The van der Waals surface area contributed by atoms with Gasteiger partial charge < -0.3 is 5.73 Å². The first-order valence-corrected chi connectivity index (χ1v) is 7.87. The lowest BCUT2D eigenvalue weighted by Gasteiger charge is -2.34. The van der Waals surface area contributed by atoms with Crippen LogP contribution in [0.4, 0.5) is 5.69 Å². The Morgan fingerprint density at radius 3 is 2.56 bits per heavy atom. The summed E-state index contributed by atoms with van der Waals surface area (Å²) in [5.41, 5.74) is 6.18. The van der Waals surface area contributed by atoms with Crippen LogP contribution >= 0.6 is 0 Å². The normalized spacial score (nSPS) is 21.9. The number of hydrogen-bond acceptors (Lipinski definition) is 3. The number of anilines is 1. The van der Waals surface area contributed by atoms with Crippen molar-refractivity contribution in [1.82, 2.24) is 4.31 Å². The summed E-state index contributed by atoms with van der Waals surface area (Å²) in [6.45, 7) is 2.67. The van der Waals surface area contributed by atoms with E-state index in [1.807, 2.05) is 6.92 Å². The van der Waals surface area contributed by atoms with Gasteiger partial charge >= 0.3 is 0 Å². The quantitative estimate of drug-likeness (QED) is 0.855. The molecule has 1 saturated heterocycles. The second kappa shape index (κ2) is 5.28. The summed E-state index contributed by atoms with van der Waals surface area (Å²) in [7, 11) is -3.36. The lowest BCUT2D eigenvalue weighted by Crippen LogP contribution is -2.43. The fraction of sp³-hybridized carbons (Fsp3) is 0.538. The van der Waals surface area contributed by atoms with Crippen LogP contribution in [0, 0.1) is 0 Å². The maximum atomic E-state index is 12.6. The molecule has 0 spiro atoms. The molecule has 0 bridgehead atoms. The van der Waals surface area contributed by atoms with Crippen LogP contribution < -0.4 is 5.73 Å². The summed E-state index contributed by atoms with van der Waals surface area (Å²) in [4.78, 5) is 0.344. The van der Waals surface area contributed by atoms with Gasteiger partial charge in [-0.2, -0.15) is 4.31 Å². The molecule has 100 valence electrons. The van der Waals surface area contributed by atoms with Gasteiger partial charge in [0.05, 0.1) is 4.90 Å². The Kier molecular flexibility index (Phi) is 3.92. The molecule has 0 aliphatic carbocycles. The minimum atomic E-state index is -3.36. The van der Waals surface area contributed by atoms with E-state index in [0.29, 0.717) is 17.1 Å². The predicted molar refractivity (Wildman–Crippen MR) is 72.7 cm³/mol. The molecule has 1 aliphatic heterocycles. The minimum Gasteiger partial charge on any atom is -0.399 e. The lowest BCUT2D eigenvalue weighted by atomic mass is 10.0. The number of rotatable bonds is 3. The van der Waals surface area contributed by atoms with E-state index < -0.39 is 10.0 Å². The minimum absolute atomic E-state index is 0.140. The number of sulfonamides is 1. The van der Waals surface area contributed by atoms with Crippen molar-refractivity contribution in [1.29, 1.82) is 0 Å². The molecule has 1 fully saturated rings. The largest absolute Gasteiger partial charge is 0.399 e. The Morgan fingerprint density at radius 2 is 1.94 bits per heavy atom. The number of benzene rings is 1. The fourth-order valence-corrected chi connectivity index (χ4v) is 4.24. The van der Waals surface area contributed by atoms with Crippen molar-refractivity contribution in [2.24, 2.45) is 0 Å². The Balaban J connectivity index is 2.32. The zero-order valence-electron chi connectivity index (χ0n) is 10.7. The van der Waals surface area contributed by atoms with Gasteiger partial charge in [0.2, 0.25) is 10.0 Å². The average Bonchev–Trinajstić information content (AvgIpc) is 2.39. The summed E-state index contributed by atoms with van der Waals surface area (Å²) in [5.74, 6) is 0. The predicted octanol–water partition coefficient (Wildman–Crippen LogP) is 2.22. The van der Waals surface area contributed by atoms with E-state index in [1.54, 1.807) is 28.6 Å². The van der Waals surface area contributed by atoms with Crippen LogP contribution in [-0.2, 0) is 10.0 Å². The molecule has 2 N–H and O–H groups in total. The molecule has 5 heteroatoms. The van der Waals surface area contributed by atoms with Crippen molar-refractivity contribution in [3.63, 3.8) is 0 Å². The number of piperidine rings is 1. The van der Waals surface area contributed by atoms with E-state index in [9.17, 15) is 8.42 Å². The topological polar surface area (TPSA) is 63.4 Å².